The molecule has 0 aliphatic carbocycles. The fraction of sp³-hybridized carbons (Fsp3) is 0. The minimum Gasteiger partial charge on any atom is -0.396 e. The highest BCUT2D eigenvalue weighted by molar-refractivity contribution is 7.13. The monoisotopic (exact) mass is 259 g/mol. The standard InChI is InChI=1S/C13H10FN3S/c14-10-4-3-9(6-11(10)15)17-8-16-7-12(17)13-2-1-5-18-13/h1-8H,15H2. The average Bonchev–Trinajstić information content (AvgIpc) is 3.00. The Bertz CT molecular complexity index is 673. The van der Waals surface area contributed by atoms with Gasteiger partial charge in [0, 0.05) is 5.69 Å². The van der Waals surface area contributed by atoms with Gasteiger partial charge in [-0.25, -0.2) is 9.37 Å². The summed E-state index contributed by atoms with van der Waals surface area (Å²) in [5.41, 5.74) is 7.50. The van der Waals surface area contributed by atoms with Crippen molar-refractivity contribution >= 4 is 17.0 Å². The third-order valence-corrected chi connectivity index (χ3v) is 3.56. The molecule has 3 rings (SSSR count). The van der Waals surface area contributed by atoms with Gasteiger partial charge in [0.05, 0.1) is 28.8 Å². The first kappa shape index (κ1) is 11.0. The van der Waals surface area contributed by atoms with Crippen LogP contribution >= 0.6 is 11.3 Å². The van der Waals surface area contributed by atoms with Crippen LogP contribution in [0.15, 0.2) is 48.2 Å². The third kappa shape index (κ3) is 1.78. The van der Waals surface area contributed by atoms with Gasteiger partial charge in [-0.05, 0) is 29.6 Å². The van der Waals surface area contributed by atoms with E-state index in [-0.39, 0.29) is 5.69 Å². The van der Waals surface area contributed by atoms with Crippen LogP contribution in [-0.4, -0.2) is 9.55 Å². The Labute approximate surface area is 107 Å². The molecule has 2 aromatic heterocycles. The third-order valence-electron chi connectivity index (χ3n) is 2.67. The molecule has 0 amide bonds. The van der Waals surface area contributed by atoms with Crippen molar-refractivity contribution in [3.63, 3.8) is 0 Å². The van der Waals surface area contributed by atoms with Crippen molar-refractivity contribution in [3.05, 3.63) is 54.1 Å². The van der Waals surface area contributed by atoms with E-state index in [1.807, 2.05) is 22.1 Å². The number of imidazole rings is 1. The molecule has 3 nitrogen and oxygen atoms in total. The van der Waals surface area contributed by atoms with Crippen molar-refractivity contribution in [1.82, 2.24) is 9.55 Å². The van der Waals surface area contributed by atoms with E-state index >= 15 is 0 Å². The zero-order valence-electron chi connectivity index (χ0n) is 9.38. The Kier molecular flexibility index (Phi) is 2.60. The fourth-order valence-corrected chi connectivity index (χ4v) is 2.52. The van der Waals surface area contributed by atoms with E-state index in [9.17, 15) is 4.39 Å². The molecule has 0 fully saturated rings. The summed E-state index contributed by atoms with van der Waals surface area (Å²) in [7, 11) is 0. The maximum absolute atomic E-state index is 13.2. The largest absolute Gasteiger partial charge is 0.396 e. The van der Waals surface area contributed by atoms with Gasteiger partial charge < -0.3 is 5.73 Å². The number of halogens is 1. The van der Waals surface area contributed by atoms with E-state index in [0.717, 1.165) is 16.3 Å². The Morgan fingerprint density at radius 1 is 1.28 bits per heavy atom. The Morgan fingerprint density at radius 2 is 2.17 bits per heavy atom. The topological polar surface area (TPSA) is 43.8 Å². The van der Waals surface area contributed by atoms with Crippen LogP contribution in [0.25, 0.3) is 16.3 Å². The number of nitrogens with two attached hydrogens (primary N) is 1. The lowest BCUT2D eigenvalue weighted by atomic mass is 10.2. The molecule has 0 saturated heterocycles. The van der Waals surface area contributed by atoms with E-state index in [2.05, 4.69) is 4.98 Å². The minimum absolute atomic E-state index is 0.137. The number of hydrogen-bond acceptors (Lipinski definition) is 3. The maximum atomic E-state index is 13.2. The van der Waals surface area contributed by atoms with E-state index < -0.39 is 5.82 Å². The molecular weight excluding hydrogens is 249 g/mol. The number of nitrogens with zero attached hydrogens (tertiary/aromatic N) is 2. The second-order valence-electron chi connectivity index (χ2n) is 3.83. The van der Waals surface area contributed by atoms with Crippen LogP contribution in [0, 0.1) is 5.82 Å². The first-order chi connectivity index (χ1) is 8.75. The molecule has 0 aliphatic heterocycles. The van der Waals surface area contributed by atoms with Gasteiger partial charge >= 0.3 is 0 Å². The summed E-state index contributed by atoms with van der Waals surface area (Å²) in [5, 5.41) is 2.01. The summed E-state index contributed by atoms with van der Waals surface area (Å²) >= 11 is 1.63. The second kappa shape index (κ2) is 4.27. The van der Waals surface area contributed by atoms with Crippen molar-refractivity contribution in [2.75, 3.05) is 5.73 Å². The van der Waals surface area contributed by atoms with Gasteiger partial charge in [-0.15, -0.1) is 11.3 Å². The predicted molar refractivity (Wildman–Crippen MR) is 71.2 cm³/mol. The lowest BCUT2D eigenvalue weighted by Crippen LogP contribution is -1.97. The Hall–Kier alpha value is -2.14. The smallest absolute Gasteiger partial charge is 0.146 e. The van der Waals surface area contributed by atoms with Gasteiger partial charge in [-0.1, -0.05) is 6.07 Å². The minimum atomic E-state index is -0.406. The Balaban J connectivity index is 2.13. The van der Waals surface area contributed by atoms with Gasteiger partial charge in [-0.2, -0.15) is 0 Å². The zero-order chi connectivity index (χ0) is 12.5. The lowest BCUT2D eigenvalue weighted by molar-refractivity contribution is 0.632. The molecule has 1 aromatic carbocycles. The number of rotatable bonds is 2. The summed E-state index contributed by atoms with van der Waals surface area (Å²) < 4.78 is 15.1. The number of hydrogen-bond donors (Lipinski definition) is 1. The number of aromatic nitrogens is 2. The van der Waals surface area contributed by atoms with Gasteiger partial charge in [-0.3, -0.25) is 4.57 Å². The van der Waals surface area contributed by atoms with Crippen LogP contribution in [0.5, 0.6) is 0 Å². The predicted octanol–water partition coefficient (Wildman–Crippen LogP) is 3.32. The molecule has 5 heteroatoms. The lowest BCUT2D eigenvalue weighted by Gasteiger charge is -2.08. The first-order valence-corrected chi connectivity index (χ1v) is 6.25. The normalized spacial score (nSPS) is 10.7. The van der Waals surface area contributed by atoms with Crippen LogP contribution in [0.4, 0.5) is 10.1 Å². The first-order valence-electron chi connectivity index (χ1n) is 5.37. The van der Waals surface area contributed by atoms with Gasteiger partial charge in [0.2, 0.25) is 0 Å². The van der Waals surface area contributed by atoms with Crippen molar-refractivity contribution in [3.8, 4) is 16.3 Å². The van der Waals surface area contributed by atoms with E-state index in [4.69, 9.17) is 5.73 Å². The van der Waals surface area contributed by atoms with E-state index in [0.29, 0.717) is 0 Å². The van der Waals surface area contributed by atoms with Crippen molar-refractivity contribution < 1.29 is 4.39 Å². The van der Waals surface area contributed by atoms with Gasteiger partial charge in [0.15, 0.2) is 0 Å². The number of anilines is 1. The quantitative estimate of drug-likeness (QED) is 0.717. The molecule has 0 aliphatic rings. The average molecular weight is 259 g/mol. The summed E-state index contributed by atoms with van der Waals surface area (Å²) in [6, 6.07) is 8.66. The van der Waals surface area contributed by atoms with Crippen LogP contribution in [0.1, 0.15) is 0 Å². The van der Waals surface area contributed by atoms with Crippen LogP contribution in [0.2, 0.25) is 0 Å². The van der Waals surface area contributed by atoms with Gasteiger partial charge in [0.25, 0.3) is 0 Å². The van der Waals surface area contributed by atoms with Crippen molar-refractivity contribution in [2.24, 2.45) is 0 Å². The molecule has 0 unspecified atom stereocenters. The molecule has 0 spiro atoms. The number of thiophene rings is 1. The highest BCUT2D eigenvalue weighted by atomic mass is 32.1. The molecule has 3 aromatic rings. The van der Waals surface area contributed by atoms with Crippen LogP contribution in [-0.2, 0) is 0 Å². The molecule has 90 valence electrons. The van der Waals surface area contributed by atoms with E-state index in [1.165, 1.54) is 6.07 Å². The summed E-state index contributed by atoms with van der Waals surface area (Å²) in [4.78, 5) is 5.25. The SMILES string of the molecule is Nc1cc(-n2cncc2-c2cccs2)ccc1F. The Morgan fingerprint density at radius 3 is 2.89 bits per heavy atom. The van der Waals surface area contributed by atoms with Crippen molar-refractivity contribution in [2.45, 2.75) is 0 Å². The summed E-state index contributed by atoms with van der Waals surface area (Å²) in [6.45, 7) is 0. The molecule has 2 N–H and O–H groups in total. The molecular formula is C13H10FN3S. The fourth-order valence-electron chi connectivity index (χ4n) is 1.79. The molecule has 0 atom stereocenters. The summed E-state index contributed by atoms with van der Waals surface area (Å²) in [5.74, 6) is -0.406. The van der Waals surface area contributed by atoms with Crippen molar-refractivity contribution in [1.29, 1.82) is 0 Å². The molecule has 2 heterocycles. The molecule has 0 radical (unpaired) electrons. The van der Waals surface area contributed by atoms with Crippen LogP contribution in [0.3, 0.4) is 0 Å². The summed E-state index contributed by atoms with van der Waals surface area (Å²) in [6.07, 6.45) is 3.48. The molecule has 0 bridgehead atoms. The number of benzene rings is 1. The van der Waals surface area contributed by atoms with E-state index in [1.54, 1.807) is 36.0 Å². The number of nitrogen functional groups attached to an aromatic ring is 1. The molecule has 18 heavy (non-hydrogen) atoms. The highest BCUT2D eigenvalue weighted by Gasteiger charge is 2.09. The molecule has 0 saturated carbocycles. The highest BCUT2D eigenvalue weighted by Crippen LogP contribution is 2.27. The van der Waals surface area contributed by atoms with Gasteiger partial charge in [0.1, 0.15) is 5.82 Å². The maximum Gasteiger partial charge on any atom is 0.146 e. The van der Waals surface area contributed by atoms with Crippen LogP contribution < -0.4 is 5.73 Å². The second-order valence-corrected chi connectivity index (χ2v) is 4.78. The zero-order valence-corrected chi connectivity index (χ0v) is 10.2.